The molecule has 1 aromatic rings. The molecule has 1 rings (SSSR count). The largest absolute Gasteiger partial charge is 0.481 e. The Morgan fingerprint density at radius 3 is 2.33 bits per heavy atom. The van der Waals surface area contributed by atoms with Gasteiger partial charge in [-0.3, -0.25) is 14.9 Å². The number of imide groups is 1. The van der Waals surface area contributed by atoms with Crippen LogP contribution in [0.25, 0.3) is 0 Å². The van der Waals surface area contributed by atoms with Gasteiger partial charge in [0.1, 0.15) is 0 Å². The van der Waals surface area contributed by atoms with Crippen LogP contribution < -0.4 is 10.6 Å². The van der Waals surface area contributed by atoms with Gasteiger partial charge in [-0.1, -0.05) is 23.2 Å². The molecule has 8 heteroatoms. The Balaban J connectivity index is 2.59. The lowest BCUT2D eigenvalue weighted by molar-refractivity contribution is -0.149. The number of carboxylic acid groups (broad SMARTS) is 1. The van der Waals surface area contributed by atoms with Gasteiger partial charge in [0.15, 0.2) is 0 Å². The minimum atomic E-state index is -1.26. The second-order valence-electron chi connectivity index (χ2n) is 5.00. The van der Waals surface area contributed by atoms with Gasteiger partial charge in [-0.05, 0) is 32.0 Å². The number of hydrogen-bond acceptors (Lipinski definition) is 3. The average molecular weight is 333 g/mol. The molecule has 0 aromatic heterocycles. The van der Waals surface area contributed by atoms with Gasteiger partial charge in [0.2, 0.25) is 5.91 Å². The molecule has 0 saturated heterocycles. The van der Waals surface area contributed by atoms with Gasteiger partial charge < -0.3 is 10.4 Å². The van der Waals surface area contributed by atoms with Crippen molar-refractivity contribution in [2.75, 3.05) is 5.32 Å². The fraction of sp³-hybridized carbons (Fsp3) is 0.308. The molecule has 0 spiro atoms. The van der Waals surface area contributed by atoms with E-state index in [4.69, 9.17) is 28.3 Å². The molecular formula is C13H14Cl2N2O4. The molecule has 0 aliphatic carbocycles. The smallest absolute Gasteiger partial charge is 0.325 e. The Hall–Kier alpha value is -1.79. The third kappa shape index (κ3) is 5.24. The number of aliphatic carboxylic acids is 1. The van der Waals surface area contributed by atoms with Gasteiger partial charge in [0, 0.05) is 12.1 Å². The SMILES string of the molecule is CC(C)(CC(=O)NC(=O)Nc1ccc(Cl)c(Cl)c1)C(=O)O. The van der Waals surface area contributed by atoms with E-state index in [0.717, 1.165) is 0 Å². The Labute approximate surface area is 131 Å². The van der Waals surface area contributed by atoms with E-state index < -0.39 is 23.3 Å². The molecular weight excluding hydrogens is 319 g/mol. The van der Waals surface area contributed by atoms with Gasteiger partial charge in [0.25, 0.3) is 0 Å². The molecule has 0 atom stereocenters. The monoisotopic (exact) mass is 332 g/mol. The Bertz CT molecular complexity index is 588. The van der Waals surface area contributed by atoms with Crippen molar-refractivity contribution in [3.8, 4) is 0 Å². The number of halogens is 2. The Morgan fingerprint density at radius 2 is 1.81 bits per heavy atom. The highest BCUT2D eigenvalue weighted by Crippen LogP contribution is 2.25. The van der Waals surface area contributed by atoms with Crippen LogP contribution in [-0.4, -0.2) is 23.0 Å². The predicted octanol–water partition coefficient (Wildman–Crippen LogP) is 3.14. The number of nitrogens with one attached hydrogen (secondary N) is 2. The van der Waals surface area contributed by atoms with E-state index in [9.17, 15) is 14.4 Å². The Kier molecular flexibility index (Phi) is 5.57. The number of urea groups is 1. The van der Waals surface area contributed by atoms with Crippen LogP contribution in [0.15, 0.2) is 18.2 Å². The van der Waals surface area contributed by atoms with Crippen molar-refractivity contribution in [3.05, 3.63) is 28.2 Å². The van der Waals surface area contributed by atoms with Crippen LogP contribution >= 0.6 is 23.2 Å². The summed E-state index contributed by atoms with van der Waals surface area (Å²) in [5.41, 5.74) is -0.902. The molecule has 6 nitrogen and oxygen atoms in total. The molecule has 1 aromatic carbocycles. The van der Waals surface area contributed by atoms with Crippen LogP contribution in [0.1, 0.15) is 20.3 Å². The van der Waals surface area contributed by atoms with E-state index >= 15 is 0 Å². The lowest BCUT2D eigenvalue weighted by atomic mass is 9.89. The predicted molar refractivity (Wildman–Crippen MR) is 79.7 cm³/mol. The minimum absolute atomic E-state index is 0.257. The first-order valence-electron chi connectivity index (χ1n) is 5.91. The summed E-state index contributed by atoms with van der Waals surface area (Å²) in [4.78, 5) is 34.1. The zero-order chi connectivity index (χ0) is 16.2. The van der Waals surface area contributed by atoms with E-state index in [1.165, 1.54) is 32.0 Å². The van der Waals surface area contributed by atoms with Crippen LogP contribution in [-0.2, 0) is 9.59 Å². The van der Waals surface area contributed by atoms with Crippen LogP contribution in [0.2, 0.25) is 10.0 Å². The van der Waals surface area contributed by atoms with Crippen LogP contribution in [0.3, 0.4) is 0 Å². The third-order valence-electron chi connectivity index (χ3n) is 2.61. The molecule has 0 aliphatic rings. The first-order valence-corrected chi connectivity index (χ1v) is 6.67. The normalized spacial score (nSPS) is 10.9. The highest BCUT2D eigenvalue weighted by molar-refractivity contribution is 6.42. The third-order valence-corrected chi connectivity index (χ3v) is 3.35. The number of hydrogen-bond donors (Lipinski definition) is 3. The number of anilines is 1. The highest BCUT2D eigenvalue weighted by Gasteiger charge is 2.30. The molecule has 21 heavy (non-hydrogen) atoms. The lowest BCUT2D eigenvalue weighted by Crippen LogP contribution is -2.38. The van der Waals surface area contributed by atoms with Crippen molar-refractivity contribution in [2.24, 2.45) is 5.41 Å². The maximum Gasteiger partial charge on any atom is 0.325 e. The first-order chi connectivity index (χ1) is 9.61. The number of benzene rings is 1. The molecule has 3 N–H and O–H groups in total. The zero-order valence-corrected chi connectivity index (χ0v) is 12.9. The number of carbonyl (C=O) groups is 3. The van der Waals surface area contributed by atoms with Crippen LogP contribution in [0.4, 0.5) is 10.5 Å². The fourth-order valence-electron chi connectivity index (χ4n) is 1.38. The topological polar surface area (TPSA) is 95.5 Å². The summed E-state index contributed by atoms with van der Waals surface area (Å²) < 4.78 is 0. The summed E-state index contributed by atoms with van der Waals surface area (Å²) in [6.45, 7) is 2.79. The van der Waals surface area contributed by atoms with Crippen molar-refractivity contribution in [1.29, 1.82) is 0 Å². The number of carbonyl (C=O) groups excluding carboxylic acids is 2. The molecule has 0 fully saturated rings. The second kappa shape index (κ2) is 6.78. The van der Waals surface area contributed by atoms with Gasteiger partial charge >= 0.3 is 12.0 Å². The van der Waals surface area contributed by atoms with Gasteiger partial charge in [-0.25, -0.2) is 4.79 Å². The average Bonchev–Trinajstić information content (AvgIpc) is 2.32. The van der Waals surface area contributed by atoms with E-state index in [1.54, 1.807) is 0 Å². The number of rotatable bonds is 4. The maximum atomic E-state index is 11.6. The van der Waals surface area contributed by atoms with E-state index in [-0.39, 0.29) is 11.4 Å². The van der Waals surface area contributed by atoms with Gasteiger partial charge in [-0.15, -0.1) is 0 Å². The van der Waals surface area contributed by atoms with Crippen molar-refractivity contribution in [2.45, 2.75) is 20.3 Å². The van der Waals surface area contributed by atoms with Crippen molar-refractivity contribution < 1.29 is 19.5 Å². The summed E-state index contributed by atoms with van der Waals surface area (Å²) >= 11 is 11.5. The standard InChI is InChI=1S/C13H14Cl2N2O4/c1-13(2,11(19)20)6-10(18)17-12(21)16-7-3-4-8(14)9(15)5-7/h3-5H,6H2,1-2H3,(H,19,20)(H2,16,17,18,21). The molecule has 0 unspecified atom stereocenters. The minimum Gasteiger partial charge on any atom is -0.481 e. The van der Waals surface area contributed by atoms with Crippen molar-refractivity contribution >= 4 is 46.8 Å². The highest BCUT2D eigenvalue weighted by atomic mass is 35.5. The summed E-state index contributed by atoms with van der Waals surface area (Å²) in [5.74, 6) is -1.82. The summed E-state index contributed by atoms with van der Waals surface area (Å²) in [5, 5.41) is 13.9. The van der Waals surface area contributed by atoms with Crippen LogP contribution in [0, 0.1) is 5.41 Å². The molecule has 3 amide bonds. The quantitative estimate of drug-likeness (QED) is 0.789. The van der Waals surface area contributed by atoms with Crippen molar-refractivity contribution in [1.82, 2.24) is 5.32 Å². The molecule has 0 radical (unpaired) electrons. The van der Waals surface area contributed by atoms with E-state index in [0.29, 0.717) is 10.7 Å². The Morgan fingerprint density at radius 1 is 1.19 bits per heavy atom. The van der Waals surface area contributed by atoms with Gasteiger partial charge in [-0.2, -0.15) is 0 Å². The molecule has 0 aliphatic heterocycles. The van der Waals surface area contributed by atoms with Gasteiger partial charge in [0.05, 0.1) is 15.5 Å². The van der Waals surface area contributed by atoms with E-state index in [1.807, 2.05) is 5.32 Å². The molecule has 114 valence electrons. The lowest BCUT2D eigenvalue weighted by Gasteiger charge is -2.17. The van der Waals surface area contributed by atoms with Crippen LogP contribution in [0.5, 0.6) is 0 Å². The molecule has 0 bridgehead atoms. The van der Waals surface area contributed by atoms with E-state index in [2.05, 4.69) is 5.32 Å². The summed E-state index contributed by atoms with van der Waals surface area (Å²) in [6.07, 6.45) is -0.322. The first kappa shape index (κ1) is 17.3. The number of carboxylic acids is 1. The number of amides is 3. The molecule has 0 heterocycles. The molecule has 0 saturated carbocycles. The zero-order valence-electron chi connectivity index (χ0n) is 11.4. The summed E-state index contributed by atoms with van der Waals surface area (Å²) in [6, 6.07) is 3.66. The second-order valence-corrected chi connectivity index (χ2v) is 5.81. The fourth-order valence-corrected chi connectivity index (χ4v) is 1.68. The maximum absolute atomic E-state index is 11.6. The summed E-state index contributed by atoms with van der Waals surface area (Å²) in [7, 11) is 0. The van der Waals surface area contributed by atoms with Crippen molar-refractivity contribution in [3.63, 3.8) is 0 Å².